The van der Waals surface area contributed by atoms with Crippen molar-refractivity contribution in [2.45, 2.75) is 68.3 Å². The second-order valence-electron chi connectivity index (χ2n) is 9.12. The van der Waals surface area contributed by atoms with Gasteiger partial charge in [-0.3, -0.25) is 4.79 Å². The number of carbonyl (C=O) groups is 2. The maximum absolute atomic E-state index is 13.6. The molecule has 2 aromatic rings. The summed E-state index contributed by atoms with van der Waals surface area (Å²) in [7, 11) is 0. The molecule has 1 N–H and O–H groups in total. The Kier molecular flexibility index (Phi) is 6.48. The minimum atomic E-state index is -0.386. The molecule has 3 aliphatic rings. The lowest BCUT2D eigenvalue weighted by molar-refractivity contribution is -0.144. The number of esters is 1. The van der Waals surface area contributed by atoms with Gasteiger partial charge in [-0.1, -0.05) is 18.2 Å². The maximum Gasteiger partial charge on any atom is 0.337 e. The zero-order chi connectivity index (χ0) is 22.9. The monoisotopic (exact) mass is 479 g/mol. The number of hydrogen-bond acceptors (Lipinski definition) is 6. The van der Waals surface area contributed by atoms with Crippen LogP contribution in [0.5, 0.6) is 0 Å². The Morgan fingerprint density at radius 3 is 2.55 bits per heavy atom. The molecule has 1 fully saturated rings. The maximum atomic E-state index is 13.6. The second kappa shape index (κ2) is 9.51. The molecular formula is C27H29NO3S2. The first-order valence-corrected chi connectivity index (χ1v) is 13.8. The molecule has 0 spiro atoms. The molecule has 172 valence electrons. The average Bonchev–Trinajstić information content (AvgIpc) is 3.52. The van der Waals surface area contributed by atoms with E-state index in [1.54, 1.807) is 23.1 Å². The first-order valence-electron chi connectivity index (χ1n) is 11.7. The van der Waals surface area contributed by atoms with Gasteiger partial charge in [0.1, 0.15) is 6.10 Å². The highest BCUT2D eigenvalue weighted by molar-refractivity contribution is 7.98. The van der Waals surface area contributed by atoms with Crippen LogP contribution in [0, 0.1) is 0 Å². The quantitative estimate of drug-likeness (QED) is 0.402. The van der Waals surface area contributed by atoms with Crippen molar-refractivity contribution in [2.24, 2.45) is 0 Å². The standard InChI is InChI=1S/C27H29NO3S2/c1-16-24(27(30)31-19-6-3-4-7-19)25(17-9-11-20(32-2)12-10-17)26-21(28-16)14-18(15-22(26)29)23-8-5-13-33-23/h5,8-13,18-19,25,28H,3-4,6-7,14-15H2,1-2H3/t18-,25-/m0/s1. The first kappa shape index (κ1) is 22.5. The highest BCUT2D eigenvalue weighted by atomic mass is 32.2. The van der Waals surface area contributed by atoms with Crippen LogP contribution in [-0.4, -0.2) is 24.1 Å². The highest BCUT2D eigenvalue weighted by Crippen LogP contribution is 2.46. The molecule has 1 aliphatic heterocycles. The smallest absolute Gasteiger partial charge is 0.337 e. The molecule has 2 heterocycles. The van der Waals surface area contributed by atoms with Gasteiger partial charge in [0.25, 0.3) is 0 Å². The highest BCUT2D eigenvalue weighted by Gasteiger charge is 2.42. The number of Topliss-reactive ketones (excluding diaryl/α,β-unsaturated/α-hetero) is 1. The number of thioether (sulfide) groups is 1. The molecule has 4 nitrogen and oxygen atoms in total. The Hall–Kier alpha value is -2.31. The summed E-state index contributed by atoms with van der Waals surface area (Å²) in [6.07, 6.45) is 7.34. The molecule has 6 heteroatoms. The number of dihydropyridines is 1. The summed E-state index contributed by atoms with van der Waals surface area (Å²) in [5.74, 6) is -0.365. The van der Waals surface area contributed by atoms with Crippen LogP contribution in [0.3, 0.4) is 0 Å². The van der Waals surface area contributed by atoms with E-state index >= 15 is 0 Å². The number of thiophene rings is 1. The third-order valence-electron chi connectivity index (χ3n) is 7.02. The van der Waals surface area contributed by atoms with Gasteiger partial charge in [0.05, 0.1) is 5.57 Å². The summed E-state index contributed by atoms with van der Waals surface area (Å²) >= 11 is 3.39. The third-order valence-corrected chi connectivity index (χ3v) is 8.80. The van der Waals surface area contributed by atoms with Crippen molar-refractivity contribution in [1.29, 1.82) is 0 Å². The summed E-state index contributed by atoms with van der Waals surface area (Å²) in [5, 5.41) is 5.52. The molecule has 1 aromatic carbocycles. The van der Waals surface area contributed by atoms with Crippen LogP contribution in [0.25, 0.3) is 0 Å². The predicted octanol–water partition coefficient (Wildman–Crippen LogP) is 6.32. The zero-order valence-electron chi connectivity index (χ0n) is 19.1. The minimum absolute atomic E-state index is 0.0158. The van der Waals surface area contributed by atoms with E-state index in [9.17, 15) is 9.59 Å². The number of rotatable bonds is 5. The van der Waals surface area contributed by atoms with Crippen LogP contribution in [0.1, 0.15) is 67.7 Å². The van der Waals surface area contributed by atoms with E-state index in [2.05, 4.69) is 41.0 Å². The van der Waals surface area contributed by atoms with Crippen LogP contribution >= 0.6 is 23.1 Å². The van der Waals surface area contributed by atoms with Crippen molar-refractivity contribution in [3.8, 4) is 0 Å². The molecule has 5 rings (SSSR count). The topological polar surface area (TPSA) is 55.4 Å². The number of hydrogen-bond donors (Lipinski definition) is 1. The number of allylic oxidation sites excluding steroid dienone is 3. The molecule has 0 unspecified atom stereocenters. The van der Waals surface area contributed by atoms with Crippen molar-refractivity contribution in [3.63, 3.8) is 0 Å². The number of nitrogens with one attached hydrogen (secondary N) is 1. The van der Waals surface area contributed by atoms with E-state index in [1.165, 1.54) is 4.88 Å². The van der Waals surface area contributed by atoms with Crippen LogP contribution in [-0.2, 0) is 14.3 Å². The fourth-order valence-corrected chi connectivity index (χ4v) is 6.62. The van der Waals surface area contributed by atoms with Gasteiger partial charge in [-0.25, -0.2) is 4.79 Å². The van der Waals surface area contributed by atoms with Crippen LogP contribution < -0.4 is 5.32 Å². The molecule has 2 atom stereocenters. The average molecular weight is 480 g/mol. The number of carbonyl (C=O) groups excluding carboxylic acids is 2. The van der Waals surface area contributed by atoms with E-state index in [1.807, 2.05) is 19.2 Å². The summed E-state index contributed by atoms with van der Waals surface area (Å²) in [6.45, 7) is 1.94. The Labute approximate surface area is 203 Å². The van der Waals surface area contributed by atoms with Crippen LogP contribution in [0.4, 0.5) is 0 Å². The van der Waals surface area contributed by atoms with Gasteiger partial charge in [0.2, 0.25) is 0 Å². The van der Waals surface area contributed by atoms with Gasteiger partial charge < -0.3 is 10.1 Å². The first-order chi connectivity index (χ1) is 16.0. The zero-order valence-corrected chi connectivity index (χ0v) is 20.7. The predicted molar refractivity (Wildman–Crippen MR) is 133 cm³/mol. The summed E-state index contributed by atoms with van der Waals surface area (Å²) in [6, 6.07) is 12.4. The van der Waals surface area contributed by atoms with E-state index in [-0.39, 0.29) is 29.7 Å². The number of ether oxygens (including phenoxy) is 1. The van der Waals surface area contributed by atoms with Gasteiger partial charge >= 0.3 is 5.97 Å². The van der Waals surface area contributed by atoms with Gasteiger partial charge in [0.15, 0.2) is 5.78 Å². The Morgan fingerprint density at radius 2 is 1.88 bits per heavy atom. The second-order valence-corrected chi connectivity index (χ2v) is 11.0. The van der Waals surface area contributed by atoms with Crippen molar-refractivity contribution >= 4 is 34.9 Å². The van der Waals surface area contributed by atoms with Gasteiger partial charge in [-0.15, -0.1) is 23.1 Å². The normalized spacial score (nSPS) is 23.5. The molecule has 1 aromatic heterocycles. The largest absolute Gasteiger partial charge is 0.459 e. The van der Waals surface area contributed by atoms with Gasteiger partial charge in [-0.2, -0.15) is 0 Å². The van der Waals surface area contributed by atoms with Crippen molar-refractivity contribution in [3.05, 3.63) is 74.8 Å². The minimum Gasteiger partial charge on any atom is -0.459 e. The number of ketones is 1. The van der Waals surface area contributed by atoms with E-state index < -0.39 is 0 Å². The Morgan fingerprint density at radius 1 is 1.12 bits per heavy atom. The lowest BCUT2D eigenvalue weighted by Crippen LogP contribution is -2.36. The molecule has 1 saturated carbocycles. The molecule has 33 heavy (non-hydrogen) atoms. The van der Waals surface area contributed by atoms with Crippen molar-refractivity contribution < 1.29 is 14.3 Å². The third kappa shape index (κ3) is 4.43. The lowest BCUT2D eigenvalue weighted by Gasteiger charge is -2.36. The van der Waals surface area contributed by atoms with E-state index in [0.29, 0.717) is 12.0 Å². The summed E-state index contributed by atoms with van der Waals surface area (Å²) < 4.78 is 5.94. The van der Waals surface area contributed by atoms with Crippen molar-refractivity contribution in [2.75, 3.05) is 6.26 Å². The SMILES string of the molecule is CSc1ccc([C@H]2C(C(=O)OC3CCCC3)=C(C)NC3=C2C(=O)C[C@@H](c2cccs2)C3)cc1. The van der Waals surface area contributed by atoms with Crippen LogP contribution in [0.2, 0.25) is 0 Å². The van der Waals surface area contributed by atoms with Gasteiger partial charge in [-0.05, 0) is 74.4 Å². The van der Waals surface area contributed by atoms with Crippen molar-refractivity contribution in [1.82, 2.24) is 5.32 Å². The molecule has 0 radical (unpaired) electrons. The van der Waals surface area contributed by atoms with Gasteiger partial charge in [0, 0.05) is 45.0 Å². The van der Waals surface area contributed by atoms with E-state index in [4.69, 9.17) is 4.74 Å². The molecular weight excluding hydrogens is 450 g/mol. The summed E-state index contributed by atoms with van der Waals surface area (Å²) in [5.41, 5.74) is 4.06. The molecule has 0 bridgehead atoms. The van der Waals surface area contributed by atoms with Crippen LogP contribution in [0.15, 0.2) is 69.2 Å². The fourth-order valence-electron chi connectivity index (χ4n) is 5.39. The molecule has 2 aliphatic carbocycles. The fraction of sp³-hybridized carbons (Fsp3) is 0.407. The molecule has 0 saturated heterocycles. The Bertz CT molecular complexity index is 1110. The Balaban J connectivity index is 1.54. The molecule has 0 amide bonds. The summed E-state index contributed by atoms with van der Waals surface area (Å²) in [4.78, 5) is 29.4. The lowest BCUT2D eigenvalue weighted by atomic mass is 9.72. The van der Waals surface area contributed by atoms with E-state index in [0.717, 1.165) is 59.5 Å². The number of benzene rings is 1.